The molecule has 3 nitrogen and oxygen atoms in total. The van der Waals surface area contributed by atoms with Crippen LogP contribution in [0.1, 0.15) is 33.1 Å². The Kier molecular flexibility index (Phi) is 5.22. The molecule has 0 atom stereocenters. The van der Waals surface area contributed by atoms with Gasteiger partial charge in [0.05, 0.1) is 12.6 Å². The second kappa shape index (κ2) is 7.13. The van der Waals surface area contributed by atoms with E-state index in [1.54, 1.807) is 7.11 Å². The van der Waals surface area contributed by atoms with E-state index in [1.807, 2.05) is 18.3 Å². The average Bonchev–Trinajstić information content (AvgIpc) is 2.50. The van der Waals surface area contributed by atoms with E-state index >= 15 is 0 Å². The molecule has 0 bridgehead atoms. The molecule has 1 heterocycles. The van der Waals surface area contributed by atoms with Crippen LogP contribution in [-0.2, 0) is 0 Å². The first-order valence-electron chi connectivity index (χ1n) is 7.48. The van der Waals surface area contributed by atoms with Crippen molar-refractivity contribution in [3.05, 3.63) is 30.5 Å². The second-order valence-corrected chi connectivity index (χ2v) is 5.03. The molecule has 0 aliphatic carbocycles. The number of hydrogen-bond donors (Lipinski definition) is 0. The van der Waals surface area contributed by atoms with Gasteiger partial charge in [-0.3, -0.25) is 4.98 Å². The summed E-state index contributed by atoms with van der Waals surface area (Å²) in [6.07, 6.45) is 5.36. The summed E-state index contributed by atoms with van der Waals surface area (Å²) in [6, 6.07) is 8.21. The van der Waals surface area contributed by atoms with E-state index in [-0.39, 0.29) is 0 Å². The minimum absolute atomic E-state index is 0.917. The third-order valence-corrected chi connectivity index (χ3v) is 3.52. The lowest BCUT2D eigenvalue weighted by molar-refractivity contribution is 0.414. The number of fused-ring (bicyclic) bond motifs is 1. The lowest BCUT2D eigenvalue weighted by Gasteiger charge is -2.27. The van der Waals surface area contributed by atoms with Crippen molar-refractivity contribution in [2.75, 3.05) is 25.1 Å². The molecule has 0 N–H and O–H groups in total. The smallest absolute Gasteiger partial charge is 0.144 e. The van der Waals surface area contributed by atoms with Gasteiger partial charge in [0, 0.05) is 24.7 Å². The Morgan fingerprint density at radius 1 is 1.10 bits per heavy atom. The number of rotatable bonds is 7. The average molecular weight is 272 g/mol. The molecule has 0 amide bonds. The van der Waals surface area contributed by atoms with Gasteiger partial charge in [0.2, 0.25) is 0 Å². The Labute approximate surface area is 121 Å². The zero-order valence-corrected chi connectivity index (χ0v) is 12.7. The Morgan fingerprint density at radius 3 is 2.65 bits per heavy atom. The van der Waals surface area contributed by atoms with Gasteiger partial charge < -0.3 is 9.64 Å². The van der Waals surface area contributed by atoms with Crippen molar-refractivity contribution in [3.8, 4) is 5.75 Å². The topological polar surface area (TPSA) is 25.4 Å². The van der Waals surface area contributed by atoms with E-state index in [2.05, 4.69) is 35.9 Å². The van der Waals surface area contributed by atoms with Gasteiger partial charge in [0.1, 0.15) is 11.4 Å². The van der Waals surface area contributed by atoms with E-state index < -0.39 is 0 Å². The molecule has 0 radical (unpaired) electrons. The maximum Gasteiger partial charge on any atom is 0.144 e. The first-order valence-corrected chi connectivity index (χ1v) is 7.48. The quantitative estimate of drug-likeness (QED) is 0.753. The molecule has 0 unspecified atom stereocenters. The molecule has 0 saturated heterocycles. The third kappa shape index (κ3) is 3.03. The summed E-state index contributed by atoms with van der Waals surface area (Å²) in [7, 11) is 1.73. The standard InChI is InChI=1S/C17H24N2O/c1-4-6-13-19(12-5-2)17-15(20-3)10-9-14-8-7-11-18-16(14)17/h7-11H,4-6,12-13H2,1-3H3. The van der Waals surface area contributed by atoms with Crippen LogP contribution in [0.2, 0.25) is 0 Å². The number of methoxy groups -OCH3 is 1. The van der Waals surface area contributed by atoms with Crippen LogP contribution in [0, 0.1) is 0 Å². The van der Waals surface area contributed by atoms with Crippen molar-refractivity contribution in [2.45, 2.75) is 33.1 Å². The van der Waals surface area contributed by atoms with Crippen LogP contribution in [0.25, 0.3) is 10.9 Å². The Morgan fingerprint density at radius 2 is 1.95 bits per heavy atom. The minimum Gasteiger partial charge on any atom is -0.494 e. The number of aromatic nitrogens is 1. The van der Waals surface area contributed by atoms with Crippen molar-refractivity contribution in [1.29, 1.82) is 0 Å². The minimum atomic E-state index is 0.917. The molecular formula is C17H24N2O. The normalized spacial score (nSPS) is 10.8. The molecule has 0 fully saturated rings. The monoisotopic (exact) mass is 272 g/mol. The van der Waals surface area contributed by atoms with Gasteiger partial charge >= 0.3 is 0 Å². The lowest BCUT2D eigenvalue weighted by Crippen LogP contribution is -2.26. The van der Waals surface area contributed by atoms with Crippen LogP contribution < -0.4 is 9.64 Å². The first-order chi connectivity index (χ1) is 9.81. The van der Waals surface area contributed by atoms with Crippen molar-refractivity contribution in [2.24, 2.45) is 0 Å². The van der Waals surface area contributed by atoms with E-state index in [4.69, 9.17) is 4.74 Å². The number of ether oxygens (including phenoxy) is 1. The Balaban J connectivity index is 2.51. The molecule has 3 heteroatoms. The zero-order chi connectivity index (χ0) is 14.4. The number of nitrogens with zero attached hydrogens (tertiary/aromatic N) is 2. The molecule has 2 aromatic rings. The van der Waals surface area contributed by atoms with Gasteiger partial charge in [-0.15, -0.1) is 0 Å². The molecule has 2 rings (SSSR count). The molecule has 108 valence electrons. The third-order valence-electron chi connectivity index (χ3n) is 3.52. The highest BCUT2D eigenvalue weighted by molar-refractivity contribution is 5.94. The largest absolute Gasteiger partial charge is 0.494 e. The predicted octanol–water partition coefficient (Wildman–Crippen LogP) is 4.26. The SMILES string of the molecule is CCCCN(CCC)c1c(OC)ccc2cccnc12. The first kappa shape index (κ1) is 14.6. The van der Waals surface area contributed by atoms with Crippen molar-refractivity contribution < 1.29 is 4.74 Å². The van der Waals surface area contributed by atoms with E-state index in [1.165, 1.54) is 18.2 Å². The number of pyridine rings is 1. The molecule has 0 aliphatic heterocycles. The fraction of sp³-hybridized carbons (Fsp3) is 0.471. The van der Waals surface area contributed by atoms with Gasteiger partial charge in [-0.25, -0.2) is 0 Å². The van der Waals surface area contributed by atoms with Crippen molar-refractivity contribution >= 4 is 16.6 Å². The van der Waals surface area contributed by atoms with Crippen LogP contribution in [0.15, 0.2) is 30.5 Å². The van der Waals surface area contributed by atoms with Crippen LogP contribution in [0.4, 0.5) is 5.69 Å². The second-order valence-electron chi connectivity index (χ2n) is 5.03. The fourth-order valence-corrected chi connectivity index (χ4v) is 2.54. The van der Waals surface area contributed by atoms with Gasteiger partial charge in [-0.05, 0) is 31.0 Å². The van der Waals surface area contributed by atoms with Crippen LogP contribution in [0.5, 0.6) is 5.75 Å². The van der Waals surface area contributed by atoms with Crippen molar-refractivity contribution in [3.63, 3.8) is 0 Å². The summed E-state index contributed by atoms with van der Waals surface area (Å²) in [5, 5.41) is 1.17. The number of benzene rings is 1. The lowest BCUT2D eigenvalue weighted by atomic mass is 10.1. The summed E-state index contributed by atoms with van der Waals surface area (Å²) in [6.45, 7) is 6.52. The summed E-state index contributed by atoms with van der Waals surface area (Å²) < 4.78 is 5.58. The Hall–Kier alpha value is -1.77. The molecule has 0 spiro atoms. The molecule has 20 heavy (non-hydrogen) atoms. The summed E-state index contributed by atoms with van der Waals surface area (Å²) >= 11 is 0. The maximum absolute atomic E-state index is 5.58. The van der Waals surface area contributed by atoms with E-state index in [9.17, 15) is 0 Å². The fourth-order valence-electron chi connectivity index (χ4n) is 2.54. The number of unbranched alkanes of at least 4 members (excludes halogenated alkanes) is 1. The maximum atomic E-state index is 5.58. The predicted molar refractivity (Wildman–Crippen MR) is 85.7 cm³/mol. The van der Waals surface area contributed by atoms with Gasteiger partial charge in [0.15, 0.2) is 0 Å². The van der Waals surface area contributed by atoms with Gasteiger partial charge in [-0.1, -0.05) is 26.3 Å². The van der Waals surface area contributed by atoms with Gasteiger partial charge in [0.25, 0.3) is 0 Å². The molecule has 0 saturated carbocycles. The molecular weight excluding hydrogens is 248 g/mol. The highest BCUT2D eigenvalue weighted by Gasteiger charge is 2.15. The zero-order valence-electron chi connectivity index (χ0n) is 12.7. The van der Waals surface area contributed by atoms with Crippen LogP contribution in [0.3, 0.4) is 0 Å². The van der Waals surface area contributed by atoms with Crippen LogP contribution >= 0.6 is 0 Å². The number of anilines is 1. The van der Waals surface area contributed by atoms with E-state index in [0.717, 1.165) is 36.5 Å². The van der Waals surface area contributed by atoms with Crippen molar-refractivity contribution in [1.82, 2.24) is 4.98 Å². The molecule has 1 aromatic carbocycles. The van der Waals surface area contributed by atoms with E-state index in [0.29, 0.717) is 0 Å². The summed E-state index contributed by atoms with van der Waals surface area (Å²) in [5.41, 5.74) is 2.18. The summed E-state index contributed by atoms with van der Waals surface area (Å²) in [5.74, 6) is 0.917. The highest BCUT2D eigenvalue weighted by Crippen LogP contribution is 2.35. The Bertz CT molecular complexity index is 554. The molecule has 0 aliphatic rings. The molecule has 1 aromatic heterocycles. The highest BCUT2D eigenvalue weighted by atomic mass is 16.5. The van der Waals surface area contributed by atoms with Gasteiger partial charge in [-0.2, -0.15) is 0 Å². The van der Waals surface area contributed by atoms with Crippen LogP contribution in [-0.4, -0.2) is 25.2 Å². The number of hydrogen-bond acceptors (Lipinski definition) is 3. The summed E-state index contributed by atoms with van der Waals surface area (Å²) in [4.78, 5) is 6.99.